The molecule has 4 heteroatoms. The van der Waals surface area contributed by atoms with Gasteiger partial charge in [-0.3, -0.25) is 9.78 Å². The number of nitrogens with zero attached hydrogens (tertiary/aromatic N) is 2. The van der Waals surface area contributed by atoms with Crippen LogP contribution < -0.4 is 0 Å². The Balaban J connectivity index is 2.55. The summed E-state index contributed by atoms with van der Waals surface area (Å²) in [7, 11) is 1.63. The minimum absolute atomic E-state index is 0.300. The van der Waals surface area contributed by atoms with Gasteiger partial charge < -0.3 is 10.0 Å². The molecule has 0 spiro atoms. The van der Waals surface area contributed by atoms with Crippen LogP contribution in [0.25, 0.3) is 0 Å². The average molecular weight is 180 g/mol. The molecule has 1 heterocycles. The molecule has 1 amide bonds. The largest absolute Gasteiger partial charge is 0.387 e. The number of rotatable bonds is 3. The van der Waals surface area contributed by atoms with Crippen molar-refractivity contribution < 1.29 is 9.90 Å². The fourth-order valence-electron chi connectivity index (χ4n) is 0.944. The second-order valence-corrected chi connectivity index (χ2v) is 2.73. The van der Waals surface area contributed by atoms with Crippen molar-refractivity contribution in [3.8, 4) is 0 Å². The molecule has 4 nitrogen and oxygen atoms in total. The molecule has 0 aliphatic carbocycles. The number of aliphatic hydroxyl groups excluding tert-OH is 1. The molecule has 1 aromatic heterocycles. The molecule has 0 bridgehead atoms. The van der Waals surface area contributed by atoms with Gasteiger partial charge in [0, 0.05) is 13.2 Å². The summed E-state index contributed by atoms with van der Waals surface area (Å²) >= 11 is 0. The van der Waals surface area contributed by atoms with E-state index >= 15 is 0 Å². The van der Waals surface area contributed by atoms with Crippen molar-refractivity contribution in [3.05, 3.63) is 30.1 Å². The van der Waals surface area contributed by atoms with Crippen molar-refractivity contribution in [1.82, 2.24) is 9.88 Å². The maximum Gasteiger partial charge on any atom is 0.248 e. The zero-order valence-electron chi connectivity index (χ0n) is 7.47. The number of hydrogen-bond donors (Lipinski definition) is 1. The van der Waals surface area contributed by atoms with E-state index in [-0.39, 0.29) is 5.91 Å². The van der Waals surface area contributed by atoms with Crippen LogP contribution in [0.1, 0.15) is 5.69 Å². The van der Waals surface area contributed by atoms with Crippen LogP contribution in [-0.2, 0) is 11.3 Å². The Morgan fingerprint density at radius 2 is 2.38 bits per heavy atom. The summed E-state index contributed by atoms with van der Waals surface area (Å²) in [6.45, 7) is -0.0242. The zero-order chi connectivity index (χ0) is 9.68. The molecule has 0 saturated carbocycles. The molecular formula is C9H12N2O2. The highest BCUT2D eigenvalue weighted by Gasteiger charge is 2.06. The van der Waals surface area contributed by atoms with E-state index < -0.39 is 6.61 Å². The Bertz CT molecular complexity index is 274. The Labute approximate surface area is 76.8 Å². The molecule has 0 radical (unpaired) electrons. The highest BCUT2D eigenvalue weighted by molar-refractivity contribution is 5.76. The molecule has 0 aliphatic rings. The van der Waals surface area contributed by atoms with Gasteiger partial charge in [0.2, 0.25) is 5.91 Å². The van der Waals surface area contributed by atoms with Crippen LogP contribution in [0.3, 0.4) is 0 Å². The Kier molecular flexibility index (Phi) is 3.40. The van der Waals surface area contributed by atoms with Crippen molar-refractivity contribution in [2.24, 2.45) is 0 Å². The lowest BCUT2D eigenvalue weighted by Crippen LogP contribution is -2.28. The third kappa shape index (κ3) is 2.83. The number of amides is 1. The van der Waals surface area contributed by atoms with Gasteiger partial charge in [-0.15, -0.1) is 0 Å². The lowest BCUT2D eigenvalue weighted by Gasteiger charge is -2.14. The maximum absolute atomic E-state index is 11.0. The monoisotopic (exact) mass is 180 g/mol. The van der Waals surface area contributed by atoms with Crippen molar-refractivity contribution in [2.75, 3.05) is 13.7 Å². The minimum Gasteiger partial charge on any atom is -0.387 e. The van der Waals surface area contributed by atoms with Crippen LogP contribution in [-0.4, -0.2) is 34.6 Å². The third-order valence-corrected chi connectivity index (χ3v) is 1.69. The second-order valence-electron chi connectivity index (χ2n) is 2.73. The van der Waals surface area contributed by atoms with E-state index in [0.29, 0.717) is 6.54 Å². The first-order chi connectivity index (χ1) is 6.24. The van der Waals surface area contributed by atoms with E-state index in [4.69, 9.17) is 5.11 Å². The standard InChI is InChI=1S/C9H12N2O2/c1-11(9(13)7-12)6-8-4-2-3-5-10-8/h2-5,12H,6-7H2,1H3. The van der Waals surface area contributed by atoms with Gasteiger partial charge in [0.15, 0.2) is 0 Å². The topological polar surface area (TPSA) is 53.4 Å². The zero-order valence-corrected chi connectivity index (χ0v) is 7.47. The molecule has 70 valence electrons. The van der Waals surface area contributed by atoms with Gasteiger partial charge in [-0.25, -0.2) is 0 Å². The Morgan fingerprint density at radius 3 is 2.92 bits per heavy atom. The number of likely N-dealkylation sites (N-methyl/N-ethyl adjacent to an activating group) is 1. The van der Waals surface area contributed by atoms with Crippen LogP contribution in [0.15, 0.2) is 24.4 Å². The maximum atomic E-state index is 11.0. The summed E-state index contributed by atoms with van der Waals surface area (Å²) in [6, 6.07) is 5.51. The number of pyridine rings is 1. The molecule has 0 aliphatic heterocycles. The van der Waals surface area contributed by atoms with Crippen LogP contribution in [0.2, 0.25) is 0 Å². The summed E-state index contributed by atoms with van der Waals surface area (Å²) in [5, 5.41) is 8.57. The first-order valence-corrected chi connectivity index (χ1v) is 3.98. The van der Waals surface area contributed by atoms with Crippen LogP contribution in [0.5, 0.6) is 0 Å². The van der Waals surface area contributed by atoms with Crippen molar-refractivity contribution in [3.63, 3.8) is 0 Å². The van der Waals surface area contributed by atoms with Gasteiger partial charge >= 0.3 is 0 Å². The normalized spacial score (nSPS) is 9.69. The molecular weight excluding hydrogens is 168 g/mol. The van der Waals surface area contributed by atoms with Crippen molar-refractivity contribution in [1.29, 1.82) is 0 Å². The van der Waals surface area contributed by atoms with E-state index in [0.717, 1.165) is 5.69 Å². The summed E-state index contributed by atoms with van der Waals surface area (Å²) in [6.07, 6.45) is 1.67. The van der Waals surface area contributed by atoms with E-state index in [1.165, 1.54) is 4.90 Å². The quantitative estimate of drug-likeness (QED) is 0.714. The molecule has 1 rings (SSSR count). The second kappa shape index (κ2) is 4.57. The average Bonchev–Trinajstić information content (AvgIpc) is 2.18. The van der Waals surface area contributed by atoms with Crippen LogP contribution >= 0.6 is 0 Å². The number of aromatic nitrogens is 1. The Hall–Kier alpha value is -1.42. The minimum atomic E-state index is -0.455. The fourth-order valence-corrected chi connectivity index (χ4v) is 0.944. The number of aliphatic hydroxyl groups is 1. The molecule has 0 saturated heterocycles. The highest BCUT2D eigenvalue weighted by atomic mass is 16.3. The van der Waals surface area contributed by atoms with Gasteiger partial charge in [0.05, 0.1) is 12.2 Å². The van der Waals surface area contributed by atoms with E-state index in [9.17, 15) is 4.79 Å². The number of carbonyl (C=O) groups excluding carboxylic acids is 1. The van der Waals surface area contributed by atoms with Crippen molar-refractivity contribution in [2.45, 2.75) is 6.54 Å². The number of hydrogen-bond acceptors (Lipinski definition) is 3. The van der Waals surface area contributed by atoms with E-state index in [2.05, 4.69) is 4.98 Å². The summed E-state index contributed by atoms with van der Waals surface area (Å²) < 4.78 is 0. The molecule has 0 unspecified atom stereocenters. The van der Waals surface area contributed by atoms with Gasteiger partial charge in [-0.05, 0) is 12.1 Å². The molecule has 0 aromatic carbocycles. The molecule has 0 atom stereocenters. The predicted molar refractivity (Wildman–Crippen MR) is 47.8 cm³/mol. The summed E-state index contributed by atoms with van der Waals surface area (Å²) in [5.74, 6) is -0.300. The van der Waals surface area contributed by atoms with Gasteiger partial charge in [0.1, 0.15) is 6.61 Å². The first-order valence-electron chi connectivity index (χ1n) is 3.98. The lowest BCUT2D eigenvalue weighted by molar-refractivity contribution is -0.133. The SMILES string of the molecule is CN(Cc1ccccn1)C(=O)CO. The Morgan fingerprint density at radius 1 is 1.62 bits per heavy atom. The first kappa shape index (κ1) is 9.67. The van der Waals surface area contributed by atoms with Gasteiger partial charge in [0.25, 0.3) is 0 Å². The van der Waals surface area contributed by atoms with E-state index in [1.807, 2.05) is 18.2 Å². The van der Waals surface area contributed by atoms with Gasteiger partial charge in [-0.2, -0.15) is 0 Å². The fraction of sp³-hybridized carbons (Fsp3) is 0.333. The van der Waals surface area contributed by atoms with Gasteiger partial charge in [-0.1, -0.05) is 6.07 Å². The van der Waals surface area contributed by atoms with Crippen molar-refractivity contribution >= 4 is 5.91 Å². The lowest BCUT2D eigenvalue weighted by atomic mass is 10.3. The number of carbonyl (C=O) groups is 1. The third-order valence-electron chi connectivity index (χ3n) is 1.69. The molecule has 0 fully saturated rings. The molecule has 1 N–H and O–H groups in total. The summed E-state index contributed by atoms with van der Waals surface area (Å²) in [4.78, 5) is 16.5. The summed E-state index contributed by atoms with van der Waals surface area (Å²) in [5.41, 5.74) is 0.812. The van der Waals surface area contributed by atoms with Crippen LogP contribution in [0, 0.1) is 0 Å². The smallest absolute Gasteiger partial charge is 0.248 e. The molecule has 13 heavy (non-hydrogen) atoms. The molecule has 1 aromatic rings. The highest BCUT2D eigenvalue weighted by Crippen LogP contribution is 1.98. The van der Waals surface area contributed by atoms with E-state index in [1.54, 1.807) is 13.2 Å². The predicted octanol–water partition coefficient (Wildman–Crippen LogP) is 0.0323. The van der Waals surface area contributed by atoms with Crippen LogP contribution in [0.4, 0.5) is 0 Å².